The first-order valence-electron chi connectivity index (χ1n) is 3.80. The van der Waals surface area contributed by atoms with Crippen LogP contribution in [0.2, 0.25) is 0 Å². The third-order valence-corrected chi connectivity index (χ3v) is 1.80. The summed E-state index contributed by atoms with van der Waals surface area (Å²) in [5.74, 6) is 0. The van der Waals surface area contributed by atoms with Crippen molar-refractivity contribution in [1.82, 2.24) is 0 Å². The molecular weight excluding hydrogens is 204 g/mol. The fourth-order valence-electron chi connectivity index (χ4n) is 1.13. The van der Waals surface area contributed by atoms with E-state index in [4.69, 9.17) is 11.1 Å². The molecule has 0 aromatic rings. The maximum atomic E-state index is 7.43. The van der Waals surface area contributed by atoms with Gasteiger partial charge in [-0.15, -0.1) is 0 Å². The van der Waals surface area contributed by atoms with Crippen LogP contribution in [0.4, 0.5) is 0 Å². The molecule has 0 bridgehead atoms. The van der Waals surface area contributed by atoms with Gasteiger partial charge in [-0.3, -0.25) is 0 Å². The summed E-state index contributed by atoms with van der Waals surface area (Å²) < 4.78 is 0. The smallest absolute Gasteiger partial charge is 0.00931 e. The number of nitrogens with one attached hydrogen (secondary N) is 1. The molecule has 1 aliphatic rings. The van der Waals surface area contributed by atoms with Gasteiger partial charge in [-0.1, -0.05) is 6.08 Å². The van der Waals surface area contributed by atoms with Crippen LogP contribution in [0.5, 0.6) is 0 Å². The summed E-state index contributed by atoms with van der Waals surface area (Å²) in [6, 6.07) is 0. The molecule has 0 atom stereocenters. The molecule has 1 rings (SSSR count). The predicted octanol–water partition coefficient (Wildman–Crippen LogP) is 1.81. The second-order valence-corrected chi connectivity index (χ2v) is 2.77. The van der Waals surface area contributed by atoms with Crippen LogP contribution in [0, 0.1) is 80.9 Å². The van der Waals surface area contributed by atoms with Gasteiger partial charge in [0, 0.05) is 86.9 Å². The Morgan fingerprint density at radius 1 is 1.17 bits per heavy atom. The molecule has 0 fully saturated rings. The maximum Gasteiger partial charge on any atom is 0.00931 e. The quantitative estimate of drug-likeness (QED) is 0.640. The van der Waals surface area contributed by atoms with E-state index in [1.807, 2.05) is 0 Å². The molecule has 0 radical (unpaired) electrons. The number of rotatable bonds is 0. The molecule has 4 heteroatoms. The van der Waals surface area contributed by atoms with Crippen molar-refractivity contribution in [1.29, 1.82) is 5.41 Å². The Morgan fingerprint density at radius 2 is 1.83 bits per heavy atom. The summed E-state index contributed by atoms with van der Waals surface area (Å²) in [5, 5.41) is 7.43. The van der Waals surface area contributed by atoms with E-state index in [-0.39, 0.29) is 75.5 Å². The van der Waals surface area contributed by atoms with Crippen LogP contribution in [0.1, 0.15) is 32.1 Å². The first-order valence-corrected chi connectivity index (χ1v) is 3.80. The molecule has 1 aliphatic carbocycles. The third-order valence-electron chi connectivity index (χ3n) is 1.80. The van der Waals surface area contributed by atoms with E-state index in [0.29, 0.717) is 0 Å². The van der Waals surface area contributed by atoms with Crippen LogP contribution in [0.25, 0.3) is 0 Å². The molecule has 72 valence electrons. The van der Waals surface area contributed by atoms with Gasteiger partial charge in [0.05, 0.1) is 0 Å². The molecule has 2 nitrogen and oxygen atoms in total. The zero-order chi connectivity index (χ0) is 7.40. The molecule has 0 unspecified atom stereocenters. The van der Waals surface area contributed by atoms with Gasteiger partial charge < -0.3 is 11.1 Å². The molecule has 0 spiro atoms. The third kappa shape index (κ3) is 7.16. The molecule has 3 N–H and O–H groups in total. The van der Waals surface area contributed by atoms with Gasteiger partial charge in [0.1, 0.15) is 0 Å². The Kier molecular flexibility index (Phi) is 12.5. The minimum Gasteiger partial charge on any atom is -0.402 e. The Balaban J connectivity index is 0. The van der Waals surface area contributed by atoms with E-state index in [1.165, 1.54) is 0 Å². The molecular formula is C8H14Ar2N2. The average Bonchev–Trinajstić information content (AvgIpc) is 1.90. The van der Waals surface area contributed by atoms with Gasteiger partial charge in [0.15, 0.2) is 0 Å². The van der Waals surface area contributed by atoms with Crippen molar-refractivity contribution in [3.8, 4) is 0 Å². The predicted molar refractivity (Wildman–Crippen MR) is 43.1 cm³/mol. The molecule has 0 saturated carbocycles. The standard InChI is InChI=1S/C8H14N2.2Ar/c9-7-3-1-2-4-8(10)6-5-7;;/h3,10H,1-2,4-6,9H2;;/b7-3-,10-8?;;. The summed E-state index contributed by atoms with van der Waals surface area (Å²) in [4.78, 5) is 0. The van der Waals surface area contributed by atoms with Crippen molar-refractivity contribution in [3.63, 3.8) is 0 Å². The van der Waals surface area contributed by atoms with E-state index in [2.05, 4.69) is 6.08 Å². The molecule has 0 aromatic heterocycles. The van der Waals surface area contributed by atoms with E-state index < -0.39 is 0 Å². The summed E-state index contributed by atoms with van der Waals surface area (Å²) in [5.41, 5.74) is 7.45. The number of nitrogens with two attached hydrogens (primary N) is 1. The van der Waals surface area contributed by atoms with Gasteiger partial charge in [-0.25, -0.2) is 0 Å². The minimum atomic E-state index is 0. The summed E-state index contributed by atoms with van der Waals surface area (Å²) >= 11 is 0. The van der Waals surface area contributed by atoms with Crippen molar-refractivity contribution >= 4 is 5.71 Å². The second kappa shape index (κ2) is 9.29. The summed E-state index contributed by atoms with van der Waals surface area (Å²) in [6.07, 6.45) is 6.95. The van der Waals surface area contributed by atoms with E-state index in [9.17, 15) is 0 Å². The van der Waals surface area contributed by atoms with Crippen molar-refractivity contribution in [2.75, 3.05) is 0 Å². The SMILES string of the molecule is N=C1CCC/C=C(\N)CC1.[Ar].[Ar]. The van der Waals surface area contributed by atoms with Crippen molar-refractivity contribution in [2.45, 2.75) is 32.1 Å². The minimum absolute atomic E-state index is 0. The monoisotopic (exact) mass is 218 g/mol. The van der Waals surface area contributed by atoms with E-state index >= 15 is 0 Å². The van der Waals surface area contributed by atoms with Gasteiger partial charge in [0.25, 0.3) is 0 Å². The molecule has 0 aromatic carbocycles. The zero-order valence-electron chi connectivity index (χ0n) is 6.90. The molecule has 0 aliphatic heterocycles. The first kappa shape index (κ1) is 16.2. The van der Waals surface area contributed by atoms with Crippen LogP contribution in [-0.4, -0.2) is 5.71 Å². The van der Waals surface area contributed by atoms with E-state index in [0.717, 1.165) is 43.5 Å². The van der Waals surface area contributed by atoms with Crippen molar-refractivity contribution in [2.24, 2.45) is 5.73 Å². The van der Waals surface area contributed by atoms with Gasteiger partial charge in [-0.05, 0) is 32.1 Å². The Bertz CT molecular complexity index is 166. The van der Waals surface area contributed by atoms with Gasteiger partial charge >= 0.3 is 0 Å². The fourth-order valence-corrected chi connectivity index (χ4v) is 1.13. The normalized spacial score (nSPS) is 22.0. The number of hydrogen-bond donors (Lipinski definition) is 2. The van der Waals surface area contributed by atoms with E-state index in [1.54, 1.807) is 0 Å². The maximum absolute atomic E-state index is 7.43. The Labute approximate surface area is 134 Å². The zero-order valence-corrected chi connectivity index (χ0v) is 8.31. The van der Waals surface area contributed by atoms with Crippen LogP contribution in [-0.2, 0) is 0 Å². The van der Waals surface area contributed by atoms with Gasteiger partial charge in [0.2, 0.25) is 0 Å². The Hall–Kier alpha value is 1.73. The van der Waals surface area contributed by atoms with Crippen molar-refractivity contribution in [3.05, 3.63) is 11.8 Å². The molecule has 12 heavy (non-hydrogen) atoms. The number of allylic oxidation sites excluding steroid dienone is 2. The molecule has 0 amide bonds. The van der Waals surface area contributed by atoms with Crippen LogP contribution in [0.15, 0.2) is 11.8 Å². The summed E-state index contributed by atoms with van der Waals surface area (Å²) in [6.45, 7) is 0. The average molecular weight is 218 g/mol. The second-order valence-electron chi connectivity index (χ2n) is 2.77. The van der Waals surface area contributed by atoms with Crippen molar-refractivity contribution < 1.29 is 75.5 Å². The summed E-state index contributed by atoms with van der Waals surface area (Å²) in [7, 11) is 0. The largest absolute Gasteiger partial charge is 0.402 e. The Morgan fingerprint density at radius 3 is 2.50 bits per heavy atom. The van der Waals surface area contributed by atoms with Crippen LogP contribution >= 0.6 is 0 Å². The fraction of sp³-hybridized carbons (Fsp3) is 0.625. The molecule has 0 saturated heterocycles. The topological polar surface area (TPSA) is 49.9 Å². The van der Waals surface area contributed by atoms with Gasteiger partial charge in [-0.2, -0.15) is 0 Å². The first-order chi connectivity index (χ1) is 4.79. The number of hydrogen-bond acceptors (Lipinski definition) is 2. The van der Waals surface area contributed by atoms with Crippen LogP contribution in [0.3, 0.4) is 0 Å². The van der Waals surface area contributed by atoms with Crippen LogP contribution < -0.4 is 5.73 Å². The molecule has 0 heterocycles.